The molecule has 1 atom stereocenters. The van der Waals surface area contributed by atoms with E-state index in [1.54, 1.807) is 23.7 Å². The Morgan fingerprint density at radius 2 is 2.32 bits per heavy atom. The molecule has 1 fully saturated rings. The summed E-state index contributed by atoms with van der Waals surface area (Å²) in [6, 6.07) is 4.50. The van der Waals surface area contributed by atoms with Gasteiger partial charge in [-0.3, -0.25) is 14.9 Å². The average molecular weight is 427 g/mol. The van der Waals surface area contributed by atoms with Gasteiger partial charge < -0.3 is 15.2 Å². The van der Waals surface area contributed by atoms with Crippen LogP contribution in [0.15, 0.2) is 34.6 Å². The zero-order valence-electron chi connectivity index (χ0n) is 15.5. The van der Waals surface area contributed by atoms with Crippen LogP contribution < -0.4 is 10.6 Å². The Hall–Kier alpha value is -2.17. The number of halogens is 1. The molecular formula is C17H23ClN6O3S. The van der Waals surface area contributed by atoms with Crippen LogP contribution >= 0.6 is 24.2 Å². The lowest BCUT2D eigenvalue weighted by atomic mass is 9.96. The molecule has 1 aliphatic rings. The first kappa shape index (κ1) is 22.1. The molecule has 1 aromatic carbocycles. The molecule has 0 aliphatic carbocycles. The monoisotopic (exact) mass is 426 g/mol. The first-order valence-corrected chi connectivity index (χ1v) is 9.65. The smallest absolute Gasteiger partial charge is 0.284 e. The molecule has 0 saturated carbocycles. The third kappa shape index (κ3) is 5.66. The maximum atomic E-state index is 12.4. The fraction of sp³-hybridized carbons (Fsp3) is 0.471. The molecule has 1 aromatic heterocycles. The van der Waals surface area contributed by atoms with Crippen molar-refractivity contribution >= 4 is 35.8 Å². The third-order valence-electron chi connectivity index (χ3n) is 4.53. The van der Waals surface area contributed by atoms with E-state index in [-0.39, 0.29) is 29.6 Å². The largest absolute Gasteiger partial charge is 0.352 e. The summed E-state index contributed by atoms with van der Waals surface area (Å²) in [7, 11) is 1.76. The molecule has 1 aliphatic heterocycles. The van der Waals surface area contributed by atoms with Crippen LogP contribution in [0.4, 0.5) is 5.69 Å². The van der Waals surface area contributed by atoms with Gasteiger partial charge in [0.2, 0.25) is 0 Å². The highest BCUT2D eigenvalue weighted by Crippen LogP contribution is 2.34. The highest BCUT2D eigenvalue weighted by molar-refractivity contribution is 7.99. The number of nitrogens with zero attached hydrogens (tertiary/aromatic N) is 4. The number of aromatic nitrogens is 3. The van der Waals surface area contributed by atoms with E-state index in [1.807, 2.05) is 0 Å². The molecule has 2 aromatic rings. The van der Waals surface area contributed by atoms with Crippen molar-refractivity contribution < 1.29 is 9.72 Å². The number of rotatable bonds is 7. The second-order valence-electron chi connectivity index (χ2n) is 6.52. The number of piperidine rings is 1. The van der Waals surface area contributed by atoms with Crippen LogP contribution in [-0.4, -0.2) is 45.2 Å². The van der Waals surface area contributed by atoms with Gasteiger partial charge in [0.1, 0.15) is 6.33 Å². The van der Waals surface area contributed by atoms with Crippen molar-refractivity contribution in [3.8, 4) is 0 Å². The summed E-state index contributed by atoms with van der Waals surface area (Å²) in [6.07, 6.45) is 4.76. The standard InChI is InChI=1S/C17H22N6O3S.ClH/c1-22-11-20-21-17(22)27-15-5-4-13(9-14(15)23(25)26)16(24)19-8-6-12-3-2-7-18-10-12;/h4-5,9,11-12,18H,2-3,6-8,10H2,1H3,(H,19,24);1H. The van der Waals surface area contributed by atoms with Crippen LogP contribution in [-0.2, 0) is 7.05 Å². The minimum Gasteiger partial charge on any atom is -0.352 e. The number of aryl methyl sites for hydroxylation is 1. The van der Waals surface area contributed by atoms with E-state index in [1.165, 1.54) is 18.8 Å². The first-order chi connectivity index (χ1) is 13.0. The number of nitrogens with one attached hydrogen (secondary N) is 2. The highest BCUT2D eigenvalue weighted by atomic mass is 35.5. The average Bonchev–Trinajstić information content (AvgIpc) is 3.07. The van der Waals surface area contributed by atoms with Crippen LogP contribution in [0.1, 0.15) is 29.6 Å². The van der Waals surface area contributed by atoms with Crippen LogP contribution in [0.5, 0.6) is 0 Å². The zero-order chi connectivity index (χ0) is 19.2. The van der Waals surface area contributed by atoms with E-state index in [0.29, 0.717) is 22.5 Å². The molecule has 0 bridgehead atoms. The van der Waals surface area contributed by atoms with E-state index in [2.05, 4.69) is 20.8 Å². The molecule has 9 nitrogen and oxygen atoms in total. The number of hydrogen-bond acceptors (Lipinski definition) is 7. The van der Waals surface area contributed by atoms with E-state index in [9.17, 15) is 14.9 Å². The van der Waals surface area contributed by atoms with Crippen LogP contribution in [0.2, 0.25) is 0 Å². The van der Waals surface area contributed by atoms with Gasteiger partial charge >= 0.3 is 0 Å². The maximum Gasteiger partial charge on any atom is 0.284 e. The molecule has 1 unspecified atom stereocenters. The SMILES string of the molecule is Cl.Cn1cnnc1Sc1ccc(C(=O)NCCC2CCCNC2)cc1[N+](=O)[O-]. The Balaban J connectivity index is 0.00000280. The van der Waals surface area contributed by atoms with Crippen LogP contribution in [0.25, 0.3) is 0 Å². The summed E-state index contributed by atoms with van der Waals surface area (Å²) in [5.74, 6) is 0.274. The molecule has 0 spiro atoms. The fourth-order valence-corrected chi connectivity index (χ4v) is 3.86. The van der Waals surface area contributed by atoms with Crippen molar-refractivity contribution in [1.29, 1.82) is 0 Å². The molecule has 11 heteroatoms. The lowest BCUT2D eigenvalue weighted by Gasteiger charge is -2.22. The molecule has 3 rings (SSSR count). The van der Waals surface area contributed by atoms with Gasteiger partial charge in [-0.15, -0.1) is 22.6 Å². The summed E-state index contributed by atoms with van der Waals surface area (Å²) < 4.78 is 1.68. The first-order valence-electron chi connectivity index (χ1n) is 8.84. The Kier molecular flexibility index (Phi) is 8.21. The summed E-state index contributed by atoms with van der Waals surface area (Å²) >= 11 is 1.14. The maximum absolute atomic E-state index is 12.4. The minimum atomic E-state index is -0.483. The number of hydrogen-bond donors (Lipinski definition) is 2. The lowest BCUT2D eigenvalue weighted by Crippen LogP contribution is -2.33. The summed E-state index contributed by atoms with van der Waals surface area (Å²) in [5.41, 5.74) is 0.165. The number of carbonyl (C=O) groups excluding carboxylic acids is 1. The summed E-state index contributed by atoms with van der Waals surface area (Å²) in [4.78, 5) is 23.7. The molecule has 28 heavy (non-hydrogen) atoms. The Morgan fingerprint density at radius 3 is 2.96 bits per heavy atom. The van der Waals surface area contributed by atoms with Crippen molar-refractivity contribution in [3.05, 3.63) is 40.2 Å². The van der Waals surface area contributed by atoms with Crippen LogP contribution in [0, 0.1) is 16.0 Å². The third-order valence-corrected chi connectivity index (χ3v) is 5.64. The molecule has 2 N–H and O–H groups in total. The van der Waals surface area contributed by atoms with Crippen molar-refractivity contribution in [2.24, 2.45) is 13.0 Å². The van der Waals surface area contributed by atoms with E-state index >= 15 is 0 Å². The van der Waals surface area contributed by atoms with Gasteiger partial charge in [0, 0.05) is 25.2 Å². The van der Waals surface area contributed by atoms with Crippen molar-refractivity contribution in [2.45, 2.75) is 29.3 Å². The topological polar surface area (TPSA) is 115 Å². The molecule has 152 valence electrons. The van der Waals surface area contributed by atoms with Gasteiger partial charge in [0.25, 0.3) is 11.6 Å². The molecule has 1 amide bonds. The van der Waals surface area contributed by atoms with E-state index in [0.717, 1.165) is 37.7 Å². The normalized spacial score (nSPS) is 16.2. The Bertz CT molecular complexity index is 825. The second kappa shape index (κ2) is 10.4. The second-order valence-corrected chi connectivity index (χ2v) is 7.53. The van der Waals surface area contributed by atoms with Gasteiger partial charge in [-0.2, -0.15) is 0 Å². The number of nitro benzene ring substituents is 1. The quantitative estimate of drug-likeness (QED) is 0.516. The van der Waals surface area contributed by atoms with Gasteiger partial charge in [-0.05, 0) is 62.2 Å². The zero-order valence-corrected chi connectivity index (χ0v) is 17.1. The van der Waals surface area contributed by atoms with Crippen molar-refractivity contribution in [2.75, 3.05) is 19.6 Å². The fourth-order valence-electron chi connectivity index (χ4n) is 3.01. The number of amides is 1. The molecule has 0 radical (unpaired) electrons. The highest BCUT2D eigenvalue weighted by Gasteiger charge is 2.20. The van der Waals surface area contributed by atoms with Crippen molar-refractivity contribution in [3.63, 3.8) is 0 Å². The van der Waals surface area contributed by atoms with Crippen LogP contribution in [0.3, 0.4) is 0 Å². The minimum absolute atomic E-state index is 0. The van der Waals surface area contributed by atoms with E-state index in [4.69, 9.17) is 0 Å². The Labute approximate surface area is 173 Å². The summed E-state index contributed by atoms with van der Waals surface area (Å²) in [5, 5.41) is 25.9. The van der Waals surface area contributed by atoms with Gasteiger partial charge in [0.05, 0.1) is 9.82 Å². The van der Waals surface area contributed by atoms with Gasteiger partial charge in [-0.25, -0.2) is 0 Å². The predicted molar refractivity (Wildman–Crippen MR) is 108 cm³/mol. The lowest BCUT2D eigenvalue weighted by molar-refractivity contribution is -0.387. The van der Waals surface area contributed by atoms with Crippen molar-refractivity contribution in [1.82, 2.24) is 25.4 Å². The predicted octanol–water partition coefficient (Wildman–Crippen LogP) is 2.42. The summed E-state index contributed by atoms with van der Waals surface area (Å²) in [6.45, 7) is 2.61. The number of nitro groups is 1. The van der Waals surface area contributed by atoms with Gasteiger partial charge in [-0.1, -0.05) is 0 Å². The molecular weight excluding hydrogens is 404 g/mol. The number of carbonyl (C=O) groups is 1. The molecule has 2 heterocycles. The number of benzene rings is 1. The molecule has 1 saturated heterocycles. The Morgan fingerprint density at radius 1 is 1.50 bits per heavy atom. The van der Waals surface area contributed by atoms with Gasteiger partial charge in [0.15, 0.2) is 5.16 Å². The van der Waals surface area contributed by atoms with E-state index < -0.39 is 4.92 Å².